The Morgan fingerprint density at radius 1 is 1.14 bits per heavy atom. The third-order valence-electron chi connectivity index (χ3n) is 3.77. The van der Waals surface area contributed by atoms with Gasteiger partial charge in [-0.15, -0.1) is 0 Å². The molecule has 1 heterocycles. The van der Waals surface area contributed by atoms with E-state index < -0.39 is 0 Å². The predicted octanol–water partition coefficient (Wildman–Crippen LogP) is 3.31. The first-order valence-electron chi connectivity index (χ1n) is 7.52. The molecule has 0 radical (unpaired) electrons. The van der Waals surface area contributed by atoms with Gasteiger partial charge in [-0.05, 0) is 31.4 Å². The molecule has 2 aromatic carbocycles. The van der Waals surface area contributed by atoms with E-state index in [4.69, 9.17) is 0 Å². The fourth-order valence-corrected chi connectivity index (χ4v) is 2.53. The summed E-state index contributed by atoms with van der Waals surface area (Å²) in [5, 5.41) is 10.9. The van der Waals surface area contributed by atoms with Crippen molar-refractivity contribution in [3.8, 4) is 0 Å². The molecule has 3 rings (SSSR count). The Balaban J connectivity index is 1.61. The Kier molecular flexibility index (Phi) is 4.19. The standard InChI is InChI=1S/C18H19N3O/c1-13(11-12-14-7-3-2-4-8-14)19-18(22)17-15-9-5-6-10-16(15)20-21-17/h2-10,13H,11-12H2,1H3,(H,19,22)(H,20,21)/t13-/m1/s1. The van der Waals surface area contributed by atoms with Gasteiger partial charge in [0.1, 0.15) is 0 Å². The zero-order valence-corrected chi connectivity index (χ0v) is 12.5. The van der Waals surface area contributed by atoms with Crippen LogP contribution in [0.15, 0.2) is 54.6 Å². The molecule has 4 heteroatoms. The van der Waals surface area contributed by atoms with E-state index in [9.17, 15) is 4.79 Å². The molecule has 0 saturated heterocycles. The summed E-state index contributed by atoms with van der Waals surface area (Å²) < 4.78 is 0. The van der Waals surface area contributed by atoms with Crippen LogP contribution < -0.4 is 5.32 Å². The van der Waals surface area contributed by atoms with E-state index in [0.29, 0.717) is 5.69 Å². The van der Waals surface area contributed by atoms with E-state index in [0.717, 1.165) is 23.7 Å². The van der Waals surface area contributed by atoms with Crippen LogP contribution in [0.25, 0.3) is 10.9 Å². The maximum absolute atomic E-state index is 12.3. The normalized spacial score (nSPS) is 12.2. The number of hydrogen-bond acceptors (Lipinski definition) is 2. The third kappa shape index (κ3) is 3.17. The SMILES string of the molecule is C[C@H](CCc1ccccc1)NC(=O)c1n[nH]c2ccccc12. The zero-order chi connectivity index (χ0) is 15.4. The van der Waals surface area contributed by atoms with Crippen LogP contribution in [-0.4, -0.2) is 22.1 Å². The average molecular weight is 293 g/mol. The summed E-state index contributed by atoms with van der Waals surface area (Å²) in [7, 11) is 0. The van der Waals surface area contributed by atoms with Crippen LogP contribution in [0.5, 0.6) is 0 Å². The molecule has 22 heavy (non-hydrogen) atoms. The molecule has 1 aromatic heterocycles. The molecule has 1 amide bonds. The molecule has 1 atom stereocenters. The van der Waals surface area contributed by atoms with Gasteiger partial charge in [-0.2, -0.15) is 5.10 Å². The van der Waals surface area contributed by atoms with Crippen molar-refractivity contribution < 1.29 is 4.79 Å². The third-order valence-corrected chi connectivity index (χ3v) is 3.77. The highest BCUT2D eigenvalue weighted by atomic mass is 16.2. The van der Waals surface area contributed by atoms with Crippen molar-refractivity contribution in [1.29, 1.82) is 0 Å². The number of amides is 1. The predicted molar refractivity (Wildman–Crippen MR) is 87.8 cm³/mol. The maximum atomic E-state index is 12.3. The molecular weight excluding hydrogens is 274 g/mol. The number of carbonyl (C=O) groups excluding carboxylic acids is 1. The van der Waals surface area contributed by atoms with Gasteiger partial charge in [-0.3, -0.25) is 9.89 Å². The first kappa shape index (κ1) is 14.3. The molecule has 2 N–H and O–H groups in total. The lowest BCUT2D eigenvalue weighted by Gasteiger charge is -2.13. The van der Waals surface area contributed by atoms with Gasteiger partial charge in [0.2, 0.25) is 0 Å². The second-order valence-electron chi connectivity index (χ2n) is 5.52. The van der Waals surface area contributed by atoms with E-state index in [-0.39, 0.29) is 11.9 Å². The Hall–Kier alpha value is -2.62. The Morgan fingerprint density at radius 2 is 1.86 bits per heavy atom. The number of benzene rings is 2. The van der Waals surface area contributed by atoms with Gasteiger partial charge in [-0.25, -0.2) is 0 Å². The molecule has 0 aliphatic heterocycles. The highest BCUT2D eigenvalue weighted by molar-refractivity contribution is 6.04. The van der Waals surface area contributed by atoms with Crippen molar-refractivity contribution in [1.82, 2.24) is 15.5 Å². The van der Waals surface area contributed by atoms with E-state index in [1.807, 2.05) is 49.4 Å². The molecule has 0 spiro atoms. The van der Waals surface area contributed by atoms with E-state index in [2.05, 4.69) is 27.6 Å². The van der Waals surface area contributed by atoms with Crippen molar-refractivity contribution in [2.45, 2.75) is 25.8 Å². The molecule has 0 aliphatic carbocycles. The lowest BCUT2D eigenvalue weighted by Crippen LogP contribution is -2.33. The Morgan fingerprint density at radius 3 is 2.68 bits per heavy atom. The number of hydrogen-bond donors (Lipinski definition) is 2. The van der Waals surface area contributed by atoms with Gasteiger partial charge in [0.15, 0.2) is 5.69 Å². The average Bonchev–Trinajstić information content (AvgIpc) is 2.98. The highest BCUT2D eigenvalue weighted by Crippen LogP contribution is 2.15. The van der Waals surface area contributed by atoms with Crippen molar-refractivity contribution in [2.24, 2.45) is 0 Å². The highest BCUT2D eigenvalue weighted by Gasteiger charge is 2.15. The van der Waals surface area contributed by atoms with Crippen LogP contribution in [0.3, 0.4) is 0 Å². The van der Waals surface area contributed by atoms with E-state index in [1.54, 1.807) is 0 Å². The number of nitrogens with one attached hydrogen (secondary N) is 2. The van der Waals surface area contributed by atoms with Crippen molar-refractivity contribution in [2.75, 3.05) is 0 Å². The van der Waals surface area contributed by atoms with Crippen molar-refractivity contribution in [3.63, 3.8) is 0 Å². The number of rotatable bonds is 5. The Labute approximate surface area is 129 Å². The summed E-state index contributed by atoms with van der Waals surface area (Å²) in [5.41, 5.74) is 2.63. The minimum absolute atomic E-state index is 0.100. The monoisotopic (exact) mass is 293 g/mol. The Bertz CT molecular complexity index is 764. The van der Waals surface area contributed by atoms with Crippen LogP contribution in [0, 0.1) is 0 Å². The first-order chi connectivity index (χ1) is 10.7. The number of H-pyrrole nitrogens is 1. The number of nitrogens with zero attached hydrogens (tertiary/aromatic N) is 1. The van der Waals surface area contributed by atoms with Gasteiger partial charge < -0.3 is 5.32 Å². The van der Waals surface area contributed by atoms with Crippen LogP contribution in [0.4, 0.5) is 0 Å². The molecule has 0 bridgehead atoms. The van der Waals surface area contributed by atoms with Crippen molar-refractivity contribution >= 4 is 16.8 Å². The van der Waals surface area contributed by atoms with Gasteiger partial charge in [0, 0.05) is 11.4 Å². The minimum Gasteiger partial charge on any atom is -0.348 e. The molecular formula is C18H19N3O. The van der Waals surface area contributed by atoms with E-state index in [1.165, 1.54) is 5.56 Å². The number of aromatic nitrogens is 2. The number of para-hydroxylation sites is 1. The van der Waals surface area contributed by atoms with E-state index >= 15 is 0 Å². The van der Waals surface area contributed by atoms with Gasteiger partial charge in [0.05, 0.1) is 5.52 Å². The molecule has 4 nitrogen and oxygen atoms in total. The topological polar surface area (TPSA) is 57.8 Å². The summed E-state index contributed by atoms with van der Waals surface area (Å²) in [6.45, 7) is 2.02. The first-order valence-corrected chi connectivity index (χ1v) is 7.52. The summed E-state index contributed by atoms with van der Waals surface area (Å²) >= 11 is 0. The van der Waals surface area contributed by atoms with Gasteiger partial charge in [0.25, 0.3) is 5.91 Å². The molecule has 0 aliphatic rings. The fraction of sp³-hybridized carbons (Fsp3) is 0.222. The smallest absolute Gasteiger partial charge is 0.272 e. The lowest BCUT2D eigenvalue weighted by molar-refractivity contribution is 0.0935. The molecule has 0 fully saturated rings. The molecule has 0 unspecified atom stereocenters. The second kappa shape index (κ2) is 6.43. The van der Waals surface area contributed by atoms with Crippen LogP contribution in [-0.2, 0) is 6.42 Å². The van der Waals surface area contributed by atoms with Crippen LogP contribution in [0.2, 0.25) is 0 Å². The summed E-state index contributed by atoms with van der Waals surface area (Å²) in [6.07, 6.45) is 1.85. The van der Waals surface area contributed by atoms with Crippen molar-refractivity contribution in [3.05, 3.63) is 65.9 Å². The minimum atomic E-state index is -0.127. The number of aryl methyl sites for hydroxylation is 1. The number of fused-ring (bicyclic) bond motifs is 1. The second-order valence-corrected chi connectivity index (χ2v) is 5.52. The molecule has 3 aromatic rings. The molecule has 0 saturated carbocycles. The fourth-order valence-electron chi connectivity index (χ4n) is 2.53. The largest absolute Gasteiger partial charge is 0.348 e. The number of aromatic amines is 1. The quantitative estimate of drug-likeness (QED) is 0.758. The zero-order valence-electron chi connectivity index (χ0n) is 12.5. The summed E-state index contributed by atoms with van der Waals surface area (Å²) in [6, 6.07) is 18.0. The van der Waals surface area contributed by atoms with Gasteiger partial charge >= 0.3 is 0 Å². The number of carbonyl (C=O) groups is 1. The summed E-state index contributed by atoms with van der Waals surface area (Å²) in [4.78, 5) is 12.3. The van der Waals surface area contributed by atoms with Gasteiger partial charge in [-0.1, -0.05) is 48.5 Å². The lowest BCUT2D eigenvalue weighted by atomic mass is 10.1. The maximum Gasteiger partial charge on any atom is 0.272 e. The van der Waals surface area contributed by atoms with Crippen LogP contribution in [0.1, 0.15) is 29.4 Å². The summed E-state index contributed by atoms with van der Waals surface area (Å²) in [5.74, 6) is -0.127. The molecule has 112 valence electrons. The van der Waals surface area contributed by atoms with Crippen LogP contribution >= 0.6 is 0 Å².